The summed E-state index contributed by atoms with van der Waals surface area (Å²) in [6, 6.07) is 9.69. The summed E-state index contributed by atoms with van der Waals surface area (Å²) in [5, 5.41) is 3.31. The molecule has 21 heavy (non-hydrogen) atoms. The predicted molar refractivity (Wildman–Crippen MR) is 84.0 cm³/mol. The first-order valence-electron chi connectivity index (χ1n) is 7.28. The Morgan fingerprint density at radius 2 is 1.71 bits per heavy atom. The third-order valence-electron chi connectivity index (χ3n) is 2.72. The second-order valence-corrected chi connectivity index (χ2v) is 5.43. The molecule has 0 fully saturated rings. The molecule has 4 heteroatoms. The Hall–Kier alpha value is -2.10. The number of benzene rings is 1. The summed E-state index contributed by atoms with van der Waals surface area (Å²) in [6.45, 7) is 8.65. The zero-order valence-corrected chi connectivity index (χ0v) is 13.1. The van der Waals surface area contributed by atoms with Crippen LogP contribution in [0.25, 0.3) is 0 Å². The summed E-state index contributed by atoms with van der Waals surface area (Å²) in [5.74, 6) is 2.41. The number of anilines is 1. The van der Waals surface area contributed by atoms with Crippen LogP contribution in [0.1, 0.15) is 33.5 Å². The molecule has 0 saturated heterocycles. The molecule has 0 amide bonds. The first kappa shape index (κ1) is 15.3. The van der Waals surface area contributed by atoms with Gasteiger partial charge in [0.2, 0.25) is 0 Å². The molecule has 1 heterocycles. The lowest BCUT2D eigenvalue weighted by Crippen LogP contribution is -2.11. The zero-order valence-electron chi connectivity index (χ0n) is 13.1. The van der Waals surface area contributed by atoms with Gasteiger partial charge in [0, 0.05) is 11.8 Å². The zero-order chi connectivity index (χ0) is 15.2. The molecule has 1 N–H and O–H groups in total. The van der Waals surface area contributed by atoms with Crippen molar-refractivity contribution in [2.45, 2.75) is 46.4 Å². The Bertz CT molecular complexity index is 547. The second kappa shape index (κ2) is 7.07. The maximum Gasteiger partial charge on any atom is 0.163 e. The summed E-state index contributed by atoms with van der Waals surface area (Å²) in [6.07, 6.45) is 1.88. The van der Waals surface area contributed by atoms with Crippen molar-refractivity contribution in [1.29, 1.82) is 0 Å². The maximum absolute atomic E-state index is 5.84. The van der Waals surface area contributed by atoms with Gasteiger partial charge in [0.05, 0.1) is 25.0 Å². The van der Waals surface area contributed by atoms with E-state index in [1.54, 1.807) is 6.26 Å². The Morgan fingerprint density at radius 3 is 2.33 bits per heavy atom. The van der Waals surface area contributed by atoms with Crippen LogP contribution in [-0.4, -0.2) is 12.2 Å². The summed E-state index contributed by atoms with van der Waals surface area (Å²) >= 11 is 0. The van der Waals surface area contributed by atoms with Crippen LogP contribution in [0.5, 0.6) is 11.5 Å². The van der Waals surface area contributed by atoms with Crippen LogP contribution in [0.2, 0.25) is 0 Å². The quantitative estimate of drug-likeness (QED) is 0.817. The van der Waals surface area contributed by atoms with E-state index in [-0.39, 0.29) is 12.2 Å². The molecule has 1 aromatic heterocycles. The Balaban J connectivity index is 2.11. The number of nitrogens with one attached hydrogen (secondary N) is 1. The van der Waals surface area contributed by atoms with Gasteiger partial charge < -0.3 is 19.2 Å². The fraction of sp³-hybridized carbons (Fsp3) is 0.412. The lowest BCUT2D eigenvalue weighted by Gasteiger charge is -2.18. The minimum absolute atomic E-state index is 0.0971. The van der Waals surface area contributed by atoms with Crippen LogP contribution in [0, 0.1) is 0 Å². The van der Waals surface area contributed by atoms with E-state index in [0.717, 1.165) is 22.9 Å². The van der Waals surface area contributed by atoms with Gasteiger partial charge in [-0.25, -0.2) is 0 Å². The van der Waals surface area contributed by atoms with E-state index in [9.17, 15) is 0 Å². The lowest BCUT2D eigenvalue weighted by molar-refractivity contribution is 0.199. The highest BCUT2D eigenvalue weighted by Gasteiger charge is 2.10. The highest BCUT2D eigenvalue weighted by atomic mass is 16.5. The predicted octanol–water partition coefficient (Wildman–Crippen LogP) is 4.47. The lowest BCUT2D eigenvalue weighted by atomic mass is 10.2. The summed E-state index contributed by atoms with van der Waals surface area (Å²) < 4.78 is 16.9. The second-order valence-electron chi connectivity index (χ2n) is 5.43. The van der Waals surface area contributed by atoms with Crippen molar-refractivity contribution in [2.24, 2.45) is 0 Å². The van der Waals surface area contributed by atoms with Crippen LogP contribution in [0.15, 0.2) is 41.0 Å². The third-order valence-corrected chi connectivity index (χ3v) is 2.72. The SMILES string of the molecule is CC(C)Oc1ccc(NCc2ccco2)cc1OC(C)C. The molecule has 2 rings (SSSR count). The van der Waals surface area contributed by atoms with E-state index in [1.165, 1.54) is 0 Å². The van der Waals surface area contributed by atoms with E-state index in [4.69, 9.17) is 13.9 Å². The number of ether oxygens (including phenoxy) is 2. The van der Waals surface area contributed by atoms with Gasteiger partial charge >= 0.3 is 0 Å². The van der Waals surface area contributed by atoms with Crippen molar-refractivity contribution < 1.29 is 13.9 Å². The highest BCUT2D eigenvalue weighted by molar-refractivity contribution is 5.55. The maximum atomic E-state index is 5.84. The monoisotopic (exact) mass is 289 g/mol. The van der Waals surface area contributed by atoms with E-state index >= 15 is 0 Å². The largest absolute Gasteiger partial charge is 0.487 e. The van der Waals surface area contributed by atoms with Crippen molar-refractivity contribution in [2.75, 3.05) is 5.32 Å². The van der Waals surface area contributed by atoms with Crippen LogP contribution >= 0.6 is 0 Å². The third kappa shape index (κ3) is 4.74. The molecule has 0 atom stereocenters. The number of rotatable bonds is 7. The molecule has 4 nitrogen and oxygen atoms in total. The Morgan fingerprint density at radius 1 is 1.00 bits per heavy atom. The van der Waals surface area contributed by atoms with E-state index < -0.39 is 0 Å². The van der Waals surface area contributed by atoms with Gasteiger partial charge in [0.25, 0.3) is 0 Å². The minimum atomic E-state index is 0.0971. The average molecular weight is 289 g/mol. The number of furan rings is 1. The molecular formula is C17H23NO3. The molecule has 0 aliphatic heterocycles. The molecule has 0 aliphatic rings. The van der Waals surface area contributed by atoms with Crippen molar-refractivity contribution in [3.63, 3.8) is 0 Å². The fourth-order valence-electron chi connectivity index (χ4n) is 1.92. The Labute approximate surface area is 126 Å². The molecule has 0 unspecified atom stereocenters. The van der Waals surface area contributed by atoms with E-state index in [2.05, 4.69) is 5.32 Å². The van der Waals surface area contributed by atoms with Gasteiger partial charge in [-0.05, 0) is 52.0 Å². The summed E-state index contributed by atoms with van der Waals surface area (Å²) in [5.41, 5.74) is 0.971. The van der Waals surface area contributed by atoms with Crippen LogP contribution in [0.3, 0.4) is 0 Å². The van der Waals surface area contributed by atoms with Gasteiger partial charge in [0.15, 0.2) is 11.5 Å². The van der Waals surface area contributed by atoms with E-state index in [0.29, 0.717) is 6.54 Å². The molecule has 0 aliphatic carbocycles. The van der Waals surface area contributed by atoms with Crippen molar-refractivity contribution in [3.05, 3.63) is 42.4 Å². The smallest absolute Gasteiger partial charge is 0.163 e. The van der Waals surface area contributed by atoms with Crippen molar-refractivity contribution in [3.8, 4) is 11.5 Å². The first-order valence-corrected chi connectivity index (χ1v) is 7.28. The van der Waals surface area contributed by atoms with Crippen molar-refractivity contribution >= 4 is 5.69 Å². The molecule has 0 bridgehead atoms. The fourth-order valence-corrected chi connectivity index (χ4v) is 1.92. The number of hydrogen-bond donors (Lipinski definition) is 1. The minimum Gasteiger partial charge on any atom is -0.487 e. The molecule has 1 aromatic carbocycles. The normalized spacial score (nSPS) is 11.0. The van der Waals surface area contributed by atoms with Crippen LogP contribution in [-0.2, 0) is 6.54 Å². The van der Waals surface area contributed by atoms with Crippen LogP contribution in [0.4, 0.5) is 5.69 Å². The van der Waals surface area contributed by atoms with Gasteiger partial charge in [-0.15, -0.1) is 0 Å². The number of hydrogen-bond acceptors (Lipinski definition) is 4. The topological polar surface area (TPSA) is 43.6 Å². The molecule has 0 spiro atoms. The van der Waals surface area contributed by atoms with Gasteiger partial charge in [-0.1, -0.05) is 0 Å². The van der Waals surface area contributed by atoms with Gasteiger partial charge in [-0.2, -0.15) is 0 Å². The molecule has 0 radical (unpaired) electrons. The van der Waals surface area contributed by atoms with E-state index in [1.807, 2.05) is 58.0 Å². The van der Waals surface area contributed by atoms with Crippen molar-refractivity contribution in [1.82, 2.24) is 0 Å². The summed E-state index contributed by atoms with van der Waals surface area (Å²) in [7, 11) is 0. The first-order chi connectivity index (χ1) is 10.0. The molecule has 2 aromatic rings. The van der Waals surface area contributed by atoms with Crippen LogP contribution < -0.4 is 14.8 Å². The summed E-state index contributed by atoms with van der Waals surface area (Å²) in [4.78, 5) is 0. The molecule has 114 valence electrons. The van der Waals surface area contributed by atoms with Gasteiger partial charge in [-0.3, -0.25) is 0 Å². The van der Waals surface area contributed by atoms with Gasteiger partial charge in [0.1, 0.15) is 5.76 Å². The molecular weight excluding hydrogens is 266 g/mol. The average Bonchev–Trinajstić information content (AvgIpc) is 2.91. The molecule has 0 saturated carbocycles. The standard InChI is InChI=1S/C17H23NO3/c1-12(2)20-16-8-7-14(10-17(16)21-13(3)4)18-11-15-6-5-9-19-15/h5-10,12-13,18H,11H2,1-4H3. The highest BCUT2D eigenvalue weighted by Crippen LogP contribution is 2.32. The Kier molecular flexibility index (Phi) is 5.14.